The van der Waals surface area contributed by atoms with E-state index in [1.165, 1.54) is 11.3 Å². The lowest BCUT2D eigenvalue weighted by Crippen LogP contribution is -2.35. The number of sulfonamides is 1. The molecule has 1 fully saturated rings. The molecule has 164 valence electrons. The summed E-state index contributed by atoms with van der Waals surface area (Å²) in [6.45, 7) is 1.38. The Morgan fingerprint density at radius 2 is 2.00 bits per heavy atom. The van der Waals surface area contributed by atoms with Crippen LogP contribution in [0.4, 0.5) is 0 Å². The van der Waals surface area contributed by atoms with Crippen molar-refractivity contribution < 1.29 is 17.7 Å². The van der Waals surface area contributed by atoms with E-state index in [2.05, 4.69) is 15.5 Å². The molecule has 0 atom stereocenters. The molecule has 1 amide bonds. The molecule has 1 aromatic carbocycles. The zero-order valence-corrected chi connectivity index (χ0v) is 18.6. The number of amides is 1. The third-order valence-corrected chi connectivity index (χ3v) is 7.88. The van der Waals surface area contributed by atoms with Crippen molar-refractivity contribution in [1.29, 1.82) is 0 Å². The van der Waals surface area contributed by atoms with Crippen molar-refractivity contribution in [3.63, 3.8) is 0 Å². The summed E-state index contributed by atoms with van der Waals surface area (Å²) >= 11 is 1.52. The Morgan fingerprint density at radius 3 is 2.77 bits per heavy atom. The Bertz CT molecular complexity index is 1120. The van der Waals surface area contributed by atoms with Crippen molar-refractivity contribution in [2.45, 2.75) is 43.5 Å². The minimum Gasteiger partial charge on any atom is -0.352 e. The van der Waals surface area contributed by atoms with Crippen LogP contribution in [0.1, 0.15) is 37.1 Å². The van der Waals surface area contributed by atoms with Crippen LogP contribution in [0.5, 0.6) is 0 Å². The molecule has 0 spiro atoms. The van der Waals surface area contributed by atoms with Crippen LogP contribution < -0.4 is 5.32 Å². The van der Waals surface area contributed by atoms with Crippen molar-refractivity contribution in [1.82, 2.24) is 19.8 Å². The van der Waals surface area contributed by atoms with Gasteiger partial charge < -0.3 is 9.84 Å². The first-order valence-corrected chi connectivity index (χ1v) is 12.6. The second-order valence-corrected chi connectivity index (χ2v) is 10.3. The van der Waals surface area contributed by atoms with Crippen LogP contribution >= 0.6 is 11.3 Å². The average Bonchev–Trinajstić information content (AvgIpc) is 3.49. The average molecular weight is 461 g/mol. The molecular formula is C21H24N4O4S2. The molecule has 1 aliphatic rings. The first-order valence-electron chi connectivity index (χ1n) is 10.2. The van der Waals surface area contributed by atoms with E-state index in [9.17, 15) is 13.2 Å². The Morgan fingerprint density at radius 1 is 1.16 bits per heavy atom. The summed E-state index contributed by atoms with van der Waals surface area (Å²) in [4.78, 5) is 17.7. The molecule has 0 unspecified atom stereocenters. The molecule has 3 heterocycles. The minimum atomic E-state index is -3.49. The monoisotopic (exact) mass is 460 g/mol. The standard InChI is InChI=1S/C21H24N4O4S2/c26-19(9-10-20-23-21(24-29-20)18-8-5-13-30-18)22-15-16-6-4-7-17(14-16)31(27,28)25-11-2-1-3-12-25/h4-8,13-14H,1-3,9-12,15H2,(H,22,26). The number of aromatic nitrogens is 2. The lowest BCUT2D eigenvalue weighted by Gasteiger charge is -2.26. The molecule has 1 saturated heterocycles. The third kappa shape index (κ3) is 5.38. The molecule has 31 heavy (non-hydrogen) atoms. The van der Waals surface area contributed by atoms with E-state index < -0.39 is 10.0 Å². The number of piperidine rings is 1. The quantitative estimate of drug-likeness (QED) is 0.553. The molecule has 3 aromatic rings. The Balaban J connectivity index is 1.30. The van der Waals surface area contributed by atoms with E-state index in [-0.39, 0.29) is 23.8 Å². The summed E-state index contributed by atoms with van der Waals surface area (Å²) < 4.78 is 32.4. The lowest BCUT2D eigenvalue weighted by molar-refractivity contribution is -0.121. The van der Waals surface area contributed by atoms with Crippen LogP contribution in [-0.4, -0.2) is 41.9 Å². The molecule has 1 aliphatic heterocycles. The van der Waals surface area contributed by atoms with Crippen molar-refractivity contribution in [2.24, 2.45) is 0 Å². The highest BCUT2D eigenvalue weighted by molar-refractivity contribution is 7.89. The molecule has 8 nitrogen and oxygen atoms in total. The van der Waals surface area contributed by atoms with Crippen LogP contribution in [0.2, 0.25) is 0 Å². The molecule has 4 rings (SSSR count). The normalized spacial score (nSPS) is 15.1. The number of carbonyl (C=O) groups excluding carboxylic acids is 1. The molecule has 0 radical (unpaired) electrons. The fraction of sp³-hybridized carbons (Fsp3) is 0.381. The smallest absolute Gasteiger partial charge is 0.243 e. The minimum absolute atomic E-state index is 0.167. The van der Waals surface area contributed by atoms with Crippen molar-refractivity contribution >= 4 is 27.3 Å². The zero-order chi connectivity index (χ0) is 21.7. The molecule has 0 aliphatic carbocycles. The third-order valence-electron chi connectivity index (χ3n) is 5.12. The van der Waals surface area contributed by atoms with E-state index in [0.717, 1.165) is 29.7 Å². The van der Waals surface area contributed by atoms with E-state index in [0.29, 0.717) is 31.2 Å². The highest BCUT2D eigenvalue weighted by atomic mass is 32.2. The number of rotatable bonds is 8. The number of hydrogen-bond donors (Lipinski definition) is 1. The van der Waals surface area contributed by atoms with Gasteiger partial charge in [0, 0.05) is 32.5 Å². The molecule has 0 saturated carbocycles. The van der Waals surface area contributed by atoms with E-state index in [1.807, 2.05) is 17.5 Å². The van der Waals surface area contributed by atoms with Gasteiger partial charge in [0.15, 0.2) is 0 Å². The van der Waals surface area contributed by atoms with Gasteiger partial charge in [0.1, 0.15) is 0 Å². The largest absolute Gasteiger partial charge is 0.352 e. The van der Waals surface area contributed by atoms with Crippen LogP contribution in [-0.2, 0) is 27.8 Å². The highest BCUT2D eigenvalue weighted by Crippen LogP contribution is 2.22. The van der Waals surface area contributed by atoms with Crippen molar-refractivity contribution in [3.05, 3.63) is 53.2 Å². The summed E-state index contributed by atoms with van der Waals surface area (Å²) in [6, 6.07) is 10.6. The van der Waals surface area contributed by atoms with Crippen LogP contribution in [0.3, 0.4) is 0 Å². The Hall–Kier alpha value is -2.56. The SMILES string of the molecule is O=C(CCc1nc(-c2cccs2)no1)NCc1cccc(S(=O)(=O)N2CCCCC2)c1. The van der Waals surface area contributed by atoms with Gasteiger partial charge in [-0.05, 0) is 42.0 Å². The van der Waals surface area contributed by atoms with Crippen LogP contribution in [0.25, 0.3) is 10.7 Å². The maximum Gasteiger partial charge on any atom is 0.243 e. The Kier molecular flexibility index (Phi) is 6.79. The maximum atomic E-state index is 12.8. The highest BCUT2D eigenvalue weighted by Gasteiger charge is 2.25. The molecule has 2 aromatic heterocycles. The van der Waals surface area contributed by atoms with E-state index in [4.69, 9.17) is 4.52 Å². The molecule has 10 heteroatoms. The fourth-order valence-electron chi connectivity index (χ4n) is 3.44. The van der Waals surface area contributed by atoms with Crippen molar-refractivity contribution in [2.75, 3.05) is 13.1 Å². The number of nitrogens with one attached hydrogen (secondary N) is 1. The first-order chi connectivity index (χ1) is 15.0. The van der Waals surface area contributed by atoms with Crippen molar-refractivity contribution in [3.8, 4) is 10.7 Å². The van der Waals surface area contributed by atoms with Gasteiger partial charge in [-0.25, -0.2) is 8.42 Å². The number of nitrogens with zero attached hydrogens (tertiary/aromatic N) is 3. The van der Waals surface area contributed by atoms with E-state index in [1.54, 1.807) is 28.6 Å². The van der Waals surface area contributed by atoms with Gasteiger partial charge in [0.2, 0.25) is 27.6 Å². The number of benzene rings is 1. The molecule has 1 N–H and O–H groups in total. The first kappa shape index (κ1) is 21.7. The summed E-state index contributed by atoms with van der Waals surface area (Å²) in [6.07, 6.45) is 3.40. The topological polar surface area (TPSA) is 105 Å². The van der Waals surface area contributed by atoms with Gasteiger partial charge in [0.05, 0.1) is 9.77 Å². The summed E-state index contributed by atoms with van der Waals surface area (Å²) in [5.41, 5.74) is 0.740. The summed E-state index contributed by atoms with van der Waals surface area (Å²) in [5, 5.41) is 8.70. The predicted octanol–water partition coefficient (Wildman–Crippen LogP) is 3.22. The second kappa shape index (κ2) is 9.71. The van der Waals surface area contributed by atoms with Gasteiger partial charge in [-0.1, -0.05) is 29.8 Å². The van der Waals surface area contributed by atoms with Gasteiger partial charge >= 0.3 is 0 Å². The Labute approximate surface area is 185 Å². The van der Waals surface area contributed by atoms with Gasteiger partial charge in [-0.3, -0.25) is 4.79 Å². The van der Waals surface area contributed by atoms with Crippen LogP contribution in [0.15, 0.2) is 51.2 Å². The summed E-state index contributed by atoms with van der Waals surface area (Å²) in [5.74, 6) is 0.769. The zero-order valence-electron chi connectivity index (χ0n) is 17.0. The van der Waals surface area contributed by atoms with Crippen LogP contribution in [0, 0.1) is 0 Å². The number of hydrogen-bond acceptors (Lipinski definition) is 7. The maximum absolute atomic E-state index is 12.8. The predicted molar refractivity (Wildman–Crippen MR) is 117 cm³/mol. The van der Waals surface area contributed by atoms with E-state index >= 15 is 0 Å². The molecular weight excluding hydrogens is 436 g/mol. The summed E-state index contributed by atoms with van der Waals surface area (Å²) in [7, 11) is -3.49. The number of thiophene rings is 1. The van der Waals surface area contributed by atoms with Gasteiger partial charge in [-0.2, -0.15) is 9.29 Å². The lowest BCUT2D eigenvalue weighted by atomic mass is 10.2. The number of aryl methyl sites for hydroxylation is 1. The number of carbonyl (C=O) groups is 1. The van der Waals surface area contributed by atoms with Gasteiger partial charge in [0.25, 0.3) is 0 Å². The molecule has 0 bridgehead atoms. The second-order valence-electron chi connectivity index (χ2n) is 7.38. The fourth-order valence-corrected chi connectivity index (χ4v) is 5.68. The van der Waals surface area contributed by atoms with Gasteiger partial charge in [-0.15, -0.1) is 11.3 Å².